The van der Waals surface area contributed by atoms with Gasteiger partial charge in [-0.1, -0.05) is 23.7 Å². The van der Waals surface area contributed by atoms with E-state index in [2.05, 4.69) is 15.0 Å². The van der Waals surface area contributed by atoms with E-state index in [-0.39, 0.29) is 18.0 Å². The molecule has 1 aliphatic rings. The van der Waals surface area contributed by atoms with Crippen molar-refractivity contribution < 1.29 is 4.79 Å². The Morgan fingerprint density at radius 2 is 1.75 bits per heavy atom. The minimum atomic E-state index is -0.204. The maximum atomic E-state index is 13.0. The van der Waals surface area contributed by atoms with Crippen molar-refractivity contribution in [3.05, 3.63) is 70.5 Å². The molecule has 5 rings (SSSR count). The van der Waals surface area contributed by atoms with E-state index in [1.165, 1.54) is 22.2 Å². The van der Waals surface area contributed by atoms with Crippen LogP contribution in [0.2, 0.25) is 5.02 Å². The van der Waals surface area contributed by atoms with Crippen LogP contribution in [0.5, 0.6) is 0 Å². The van der Waals surface area contributed by atoms with Gasteiger partial charge in [0.15, 0.2) is 0 Å². The van der Waals surface area contributed by atoms with E-state index in [1.807, 2.05) is 35.2 Å². The lowest BCUT2D eigenvalue weighted by Gasteiger charge is -2.34. The fourth-order valence-corrected chi connectivity index (χ4v) is 4.86. The van der Waals surface area contributed by atoms with Crippen LogP contribution in [0.4, 0.5) is 5.95 Å². The van der Waals surface area contributed by atoms with Crippen molar-refractivity contribution in [1.82, 2.24) is 24.4 Å². The number of anilines is 1. The van der Waals surface area contributed by atoms with Crippen LogP contribution in [-0.4, -0.2) is 56.5 Å². The first-order valence-electron chi connectivity index (χ1n) is 10.1. The summed E-state index contributed by atoms with van der Waals surface area (Å²) in [5.41, 5.74) is 1.40. The van der Waals surface area contributed by atoms with Crippen molar-refractivity contribution in [2.75, 3.05) is 31.1 Å². The quantitative estimate of drug-likeness (QED) is 0.460. The molecule has 4 heterocycles. The molecule has 0 unspecified atom stereocenters. The number of hydrogen-bond acceptors (Lipinski definition) is 7. The number of thiophene rings is 1. The van der Waals surface area contributed by atoms with Crippen LogP contribution < -0.4 is 10.5 Å². The van der Waals surface area contributed by atoms with Gasteiger partial charge in [-0.3, -0.25) is 14.2 Å². The Hall–Kier alpha value is -3.30. The van der Waals surface area contributed by atoms with E-state index in [0.717, 1.165) is 10.4 Å². The maximum Gasteiger partial charge on any atom is 0.271 e. The Bertz CT molecular complexity index is 1310. The van der Waals surface area contributed by atoms with E-state index in [0.29, 0.717) is 47.4 Å². The van der Waals surface area contributed by atoms with E-state index in [9.17, 15) is 9.59 Å². The predicted octanol–water partition coefficient (Wildman–Crippen LogP) is 2.92. The van der Waals surface area contributed by atoms with Crippen molar-refractivity contribution in [3.8, 4) is 10.4 Å². The second kappa shape index (κ2) is 8.68. The monoisotopic (exact) mass is 466 g/mol. The number of halogens is 1. The topological polar surface area (TPSA) is 84.2 Å². The lowest BCUT2D eigenvalue weighted by atomic mass is 10.2. The van der Waals surface area contributed by atoms with Crippen LogP contribution in [-0.2, 0) is 11.3 Å². The largest absolute Gasteiger partial charge is 0.338 e. The third-order valence-corrected chi connectivity index (χ3v) is 6.82. The fourth-order valence-electron chi connectivity index (χ4n) is 3.67. The zero-order valence-electron chi connectivity index (χ0n) is 17.0. The Balaban J connectivity index is 1.30. The Labute approximate surface area is 192 Å². The van der Waals surface area contributed by atoms with Gasteiger partial charge >= 0.3 is 0 Å². The highest BCUT2D eigenvalue weighted by molar-refractivity contribution is 7.22. The minimum absolute atomic E-state index is 0.0300. The van der Waals surface area contributed by atoms with Crippen LogP contribution in [0, 0.1) is 0 Å². The first kappa shape index (κ1) is 20.6. The standard InChI is InChI=1S/C22H19ClN6O2S/c23-16-4-2-15(3-5-16)18-12-17-20(32-18)21(31)29(14-26-17)13-19(30)27-8-10-28(11-9-27)22-24-6-1-7-25-22/h1-7,12,14H,8-11,13H2. The van der Waals surface area contributed by atoms with Gasteiger partial charge in [0.05, 0.1) is 11.8 Å². The van der Waals surface area contributed by atoms with Crippen LogP contribution >= 0.6 is 22.9 Å². The summed E-state index contributed by atoms with van der Waals surface area (Å²) in [5.74, 6) is 0.566. The first-order chi connectivity index (χ1) is 15.6. The molecule has 0 N–H and O–H groups in total. The number of fused-ring (bicyclic) bond motifs is 1. The average Bonchev–Trinajstić information content (AvgIpc) is 3.27. The van der Waals surface area contributed by atoms with Gasteiger partial charge in [-0.25, -0.2) is 15.0 Å². The summed E-state index contributed by atoms with van der Waals surface area (Å²) >= 11 is 7.34. The molecule has 1 aromatic carbocycles. The third kappa shape index (κ3) is 4.09. The Morgan fingerprint density at radius 1 is 1.03 bits per heavy atom. The number of carbonyl (C=O) groups excluding carboxylic acids is 1. The smallest absolute Gasteiger partial charge is 0.271 e. The van der Waals surface area contributed by atoms with Crippen LogP contribution in [0.25, 0.3) is 20.7 Å². The molecule has 0 radical (unpaired) electrons. The van der Waals surface area contributed by atoms with Crippen molar-refractivity contribution in [3.63, 3.8) is 0 Å². The molecule has 0 atom stereocenters. The lowest BCUT2D eigenvalue weighted by molar-refractivity contribution is -0.132. The molecule has 1 aliphatic heterocycles. The Morgan fingerprint density at radius 3 is 2.47 bits per heavy atom. The van der Waals surface area contributed by atoms with Gasteiger partial charge in [0.2, 0.25) is 11.9 Å². The molecule has 32 heavy (non-hydrogen) atoms. The van der Waals surface area contributed by atoms with Gasteiger partial charge < -0.3 is 9.80 Å². The number of carbonyl (C=O) groups is 1. The molecule has 0 spiro atoms. The number of amides is 1. The summed E-state index contributed by atoms with van der Waals surface area (Å²) in [6.45, 7) is 2.38. The molecule has 3 aromatic heterocycles. The molecular formula is C22H19ClN6O2S. The SMILES string of the molecule is O=C(Cn1cnc2cc(-c3ccc(Cl)cc3)sc2c1=O)N1CCN(c2ncccn2)CC1. The van der Waals surface area contributed by atoms with Crippen molar-refractivity contribution in [2.45, 2.75) is 6.54 Å². The van der Waals surface area contributed by atoms with Gasteiger partial charge in [-0.2, -0.15) is 0 Å². The van der Waals surface area contributed by atoms with E-state index in [4.69, 9.17) is 11.6 Å². The molecule has 162 valence electrons. The predicted molar refractivity (Wildman–Crippen MR) is 125 cm³/mol. The number of piperazine rings is 1. The van der Waals surface area contributed by atoms with Crippen molar-refractivity contribution in [1.29, 1.82) is 0 Å². The molecule has 0 bridgehead atoms. The maximum absolute atomic E-state index is 13.0. The highest BCUT2D eigenvalue weighted by Crippen LogP contribution is 2.31. The van der Waals surface area contributed by atoms with Gasteiger partial charge in [0, 0.05) is 48.5 Å². The summed E-state index contributed by atoms with van der Waals surface area (Å²) in [5, 5.41) is 0.658. The van der Waals surface area contributed by atoms with Gasteiger partial charge in [0.1, 0.15) is 11.2 Å². The summed E-state index contributed by atoms with van der Waals surface area (Å²) in [4.78, 5) is 43.5. The lowest BCUT2D eigenvalue weighted by Crippen LogP contribution is -2.50. The van der Waals surface area contributed by atoms with Crippen molar-refractivity contribution >= 4 is 45.0 Å². The minimum Gasteiger partial charge on any atom is -0.338 e. The second-order valence-electron chi connectivity index (χ2n) is 7.43. The van der Waals surface area contributed by atoms with E-state index in [1.54, 1.807) is 23.4 Å². The number of benzene rings is 1. The van der Waals surface area contributed by atoms with Crippen LogP contribution in [0.1, 0.15) is 0 Å². The molecule has 8 nitrogen and oxygen atoms in total. The third-order valence-electron chi connectivity index (χ3n) is 5.41. The summed E-state index contributed by atoms with van der Waals surface area (Å²) in [7, 11) is 0. The Kier molecular flexibility index (Phi) is 5.59. The van der Waals surface area contributed by atoms with Crippen LogP contribution in [0.3, 0.4) is 0 Å². The zero-order chi connectivity index (χ0) is 22.1. The number of nitrogens with zero attached hydrogens (tertiary/aromatic N) is 6. The number of rotatable bonds is 4. The van der Waals surface area contributed by atoms with Gasteiger partial charge in [-0.15, -0.1) is 11.3 Å². The molecule has 0 aliphatic carbocycles. The number of hydrogen-bond donors (Lipinski definition) is 0. The summed E-state index contributed by atoms with van der Waals surface area (Å²) < 4.78 is 1.93. The molecule has 1 amide bonds. The van der Waals surface area contributed by atoms with Gasteiger partial charge in [-0.05, 0) is 29.8 Å². The fraction of sp³-hybridized carbons (Fsp3) is 0.227. The molecule has 1 fully saturated rings. The summed E-state index contributed by atoms with van der Waals surface area (Å²) in [6.07, 6.45) is 4.87. The first-order valence-corrected chi connectivity index (χ1v) is 11.3. The van der Waals surface area contributed by atoms with Gasteiger partial charge in [0.25, 0.3) is 5.56 Å². The zero-order valence-corrected chi connectivity index (χ0v) is 18.6. The van der Waals surface area contributed by atoms with Crippen LogP contribution in [0.15, 0.2) is 59.9 Å². The highest BCUT2D eigenvalue weighted by Gasteiger charge is 2.23. The number of aromatic nitrogens is 4. The second-order valence-corrected chi connectivity index (χ2v) is 8.91. The average molecular weight is 467 g/mol. The normalized spacial score (nSPS) is 14.2. The molecule has 10 heteroatoms. The molecule has 4 aromatic rings. The highest BCUT2D eigenvalue weighted by atomic mass is 35.5. The molecule has 0 saturated carbocycles. The van der Waals surface area contributed by atoms with E-state index < -0.39 is 0 Å². The molecule has 1 saturated heterocycles. The molecular weight excluding hydrogens is 448 g/mol. The summed E-state index contributed by atoms with van der Waals surface area (Å²) in [6, 6.07) is 11.1. The van der Waals surface area contributed by atoms with Crippen molar-refractivity contribution in [2.24, 2.45) is 0 Å². The van der Waals surface area contributed by atoms with E-state index >= 15 is 0 Å².